The van der Waals surface area contributed by atoms with Crippen molar-refractivity contribution in [3.8, 4) is 0 Å². The highest BCUT2D eigenvalue weighted by molar-refractivity contribution is 5.89. The highest BCUT2D eigenvalue weighted by Crippen LogP contribution is 2.28. The summed E-state index contributed by atoms with van der Waals surface area (Å²) in [6.07, 6.45) is 2.07. The number of anilines is 1. The molecule has 1 fully saturated rings. The van der Waals surface area contributed by atoms with Crippen LogP contribution in [0.15, 0.2) is 54.6 Å². The Morgan fingerprint density at radius 1 is 1.05 bits per heavy atom. The lowest BCUT2D eigenvalue weighted by Gasteiger charge is -2.32. The molecule has 2 aromatic carbocycles. The molecule has 0 aliphatic carbocycles. The number of benzene rings is 2. The predicted octanol–water partition coefficient (Wildman–Crippen LogP) is 4.41. The van der Waals surface area contributed by atoms with Crippen molar-refractivity contribution < 1.29 is 4.79 Å². The first-order chi connectivity index (χ1) is 10.7. The van der Waals surface area contributed by atoms with Crippen molar-refractivity contribution in [1.82, 2.24) is 4.90 Å². The van der Waals surface area contributed by atoms with Gasteiger partial charge in [0.15, 0.2) is 0 Å². The van der Waals surface area contributed by atoms with Gasteiger partial charge in [-0.1, -0.05) is 42.5 Å². The number of urea groups is 1. The standard InChI is InChI=1S/C19H22N2O/c1-15-6-5-9-18(14-15)20-19(22)21-12-10-17(11-13-21)16-7-3-2-4-8-16/h2-9,14,17H,10-13H2,1H3,(H,20,22). The third-order valence-corrected chi connectivity index (χ3v) is 4.32. The SMILES string of the molecule is Cc1cccc(NC(=O)N2CCC(c3ccccc3)CC2)c1. The topological polar surface area (TPSA) is 32.3 Å². The number of rotatable bonds is 2. The van der Waals surface area contributed by atoms with Gasteiger partial charge in [-0.3, -0.25) is 0 Å². The zero-order valence-corrected chi connectivity index (χ0v) is 13.0. The van der Waals surface area contributed by atoms with Crippen molar-refractivity contribution in [2.75, 3.05) is 18.4 Å². The lowest BCUT2D eigenvalue weighted by molar-refractivity contribution is 0.194. The van der Waals surface area contributed by atoms with E-state index in [2.05, 4.69) is 29.6 Å². The fourth-order valence-electron chi connectivity index (χ4n) is 3.07. The molecule has 0 saturated carbocycles. The van der Waals surface area contributed by atoms with Gasteiger partial charge in [-0.25, -0.2) is 4.79 Å². The molecule has 0 atom stereocenters. The lowest BCUT2D eigenvalue weighted by atomic mass is 9.90. The van der Waals surface area contributed by atoms with Crippen LogP contribution in [0.25, 0.3) is 0 Å². The van der Waals surface area contributed by atoms with Gasteiger partial charge in [0.05, 0.1) is 0 Å². The number of hydrogen-bond donors (Lipinski definition) is 1. The van der Waals surface area contributed by atoms with Crippen LogP contribution in [-0.2, 0) is 0 Å². The molecule has 1 saturated heterocycles. The second-order valence-electron chi connectivity index (χ2n) is 5.97. The third kappa shape index (κ3) is 3.48. The van der Waals surface area contributed by atoms with Gasteiger partial charge < -0.3 is 10.2 Å². The molecule has 2 aromatic rings. The van der Waals surface area contributed by atoms with Crippen LogP contribution in [0.2, 0.25) is 0 Å². The zero-order valence-electron chi connectivity index (χ0n) is 13.0. The second kappa shape index (κ2) is 6.65. The zero-order chi connectivity index (χ0) is 15.4. The van der Waals surface area contributed by atoms with Gasteiger partial charge in [0.25, 0.3) is 0 Å². The number of amides is 2. The molecule has 3 nitrogen and oxygen atoms in total. The van der Waals surface area contributed by atoms with Crippen LogP contribution >= 0.6 is 0 Å². The minimum absolute atomic E-state index is 0.0112. The summed E-state index contributed by atoms with van der Waals surface area (Å²) in [5.41, 5.74) is 3.41. The molecule has 22 heavy (non-hydrogen) atoms. The molecule has 0 bridgehead atoms. The fraction of sp³-hybridized carbons (Fsp3) is 0.316. The lowest BCUT2D eigenvalue weighted by Crippen LogP contribution is -2.40. The Morgan fingerprint density at radius 3 is 2.45 bits per heavy atom. The fourth-order valence-corrected chi connectivity index (χ4v) is 3.07. The number of carbonyl (C=O) groups is 1. The molecule has 0 spiro atoms. The van der Waals surface area contributed by atoms with Crippen molar-refractivity contribution in [1.29, 1.82) is 0 Å². The van der Waals surface area contributed by atoms with E-state index >= 15 is 0 Å². The molecule has 2 amide bonds. The van der Waals surface area contributed by atoms with Crippen molar-refractivity contribution in [3.63, 3.8) is 0 Å². The molecule has 1 aliphatic heterocycles. The molecule has 114 valence electrons. The number of carbonyl (C=O) groups excluding carboxylic acids is 1. The van der Waals surface area contributed by atoms with Crippen LogP contribution in [0.4, 0.5) is 10.5 Å². The van der Waals surface area contributed by atoms with E-state index in [1.54, 1.807) is 0 Å². The minimum atomic E-state index is 0.0112. The monoisotopic (exact) mass is 294 g/mol. The Morgan fingerprint density at radius 2 is 1.77 bits per heavy atom. The first kappa shape index (κ1) is 14.6. The van der Waals surface area contributed by atoms with Crippen LogP contribution in [0.5, 0.6) is 0 Å². The minimum Gasteiger partial charge on any atom is -0.324 e. The van der Waals surface area contributed by atoms with E-state index < -0.39 is 0 Å². The summed E-state index contributed by atoms with van der Waals surface area (Å²) in [4.78, 5) is 14.3. The largest absolute Gasteiger partial charge is 0.324 e. The Balaban J connectivity index is 1.56. The van der Waals surface area contributed by atoms with Gasteiger partial charge in [-0.15, -0.1) is 0 Å². The first-order valence-electron chi connectivity index (χ1n) is 7.90. The number of likely N-dealkylation sites (tertiary alicyclic amines) is 1. The van der Waals surface area contributed by atoms with Crippen LogP contribution in [0.1, 0.15) is 29.9 Å². The Bertz CT molecular complexity index is 631. The Hall–Kier alpha value is -2.29. The Kier molecular flexibility index (Phi) is 4.42. The van der Waals surface area contributed by atoms with E-state index in [0.29, 0.717) is 5.92 Å². The molecule has 0 unspecified atom stereocenters. The summed E-state index contributed by atoms with van der Waals surface area (Å²) in [5, 5.41) is 2.99. The van der Waals surface area contributed by atoms with Gasteiger partial charge >= 0.3 is 6.03 Å². The van der Waals surface area contributed by atoms with E-state index in [4.69, 9.17) is 0 Å². The molecular formula is C19H22N2O. The van der Waals surface area contributed by atoms with Crippen molar-refractivity contribution >= 4 is 11.7 Å². The van der Waals surface area contributed by atoms with Crippen LogP contribution < -0.4 is 5.32 Å². The molecule has 0 radical (unpaired) electrons. The van der Waals surface area contributed by atoms with E-state index in [0.717, 1.165) is 37.2 Å². The normalized spacial score (nSPS) is 15.6. The van der Waals surface area contributed by atoms with Crippen LogP contribution in [0, 0.1) is 6.92 Å². The molecule has 1 N–H and O–H groups in total. The smallest absolute Gasteiger partial charge is 0.321 e. The number of nitrogens with zero attached hydrogens (tertiary/aromatic N) is 1. The van der Waals surface area contributed by atoms with E-state index in [9.17, 15) is 4.79 Å². The van der Waals surface area contributed by atoms with E-state index in [1.807, 2.05) is 42.2 Å². The summed E-state index contributed by atoms with van der Waals surface area (Å²) in [6.45, 7) is 3.66. The Labute approximate surface area is 132 Å². The quantitative estimate of drug-likeness (QED) is 0.874. The molecule has 1 aliphatic rings. The van der Waals surface area contributed by atoms with Crippen molar-refractivity contribution in [2.24, 2.45) is 0 Å². The highest BCUT2D eigenvalue weighted by Gasteiger charge is 2.23. The molecule has 3 rings (SSSR count). The second-order valence-corrected chi connectivity index (χ2v) is 5.97. The van der Waals surface area contributed by atoms with Crippen LogP contribution in [-0.4, -0.2) is 24.0 Å². The van der Waals surface area contributed by atoms with E-state index in [-0.39, 0.29) is 6.03 Å². The highest BCUT2D eigenvalue weighted by atomic mass is 16.2. The van der Waals surface area contributed by atoms with Gasteiger partial charge in [0.2, 0.25) is 0 Å². The maximum atomic E-state index is 12.3. The summed E-state index contributed by atoms with van der Waals surface area (Å²) in [5.74, 6) is 0.573. The summed E-state index contributed by atoms with van der Waals surface area (Å²) in [6, 6.07) is 18.5. The molecular weight excluding hydrogens is 272 g/mol. The van der Waals surface area contributed by atoms with Gasteiger partial charge in [0.1, 0.15) is 0 Å². The number of aryl methyl sites for hydroxylation is 1. The van der Waals surface area contributed by atoms with Gasteiger partial charge in [-0.05, 0) is 48.9 Å². The van der Waals surface area contributed by atoms with E-state index in [1.165, 1.54) is 5.56 Å². The molecule has 0 aromatic heterocycles. The summed E-state index contributed by atoms with van der Waals surface area (Å²) in [7, 11) is 0. The average molecular weight is 294 g/mol. The maximum absolute atomic E-state index is 12.3. The van der Waals surface area contributed by atoms with Crippen molar-refractivity contribution in [3.05, 3.63) is 65.7 Å². The van der Waals surface area contributed by atoms with Gasteiger partial charge in [-0.2, -0.15) is 0 Å². The number of piperidine rings is 1. The third-order valence-electron chi connectivity index (χ3n) is 4.32. The maximum Gasteiger partial charge on any atom is 0.321 e. The van der Waals surface area contributed by atoms with Crippen molar-refractivity contribution in [2.45, 2.75) is 25.7 Å². The summed E-state index contributed by atoms with van der Waals surface area (Å²) >= 11 is 0. The molecule has 3 heteroatoms. The molecule has 1 heterocycles. The van der Waals surface area contributed by atoms with Gasteiger partial charge in [0, 0.05) is 18.8 Å². The number of hydrogen-bond acceptors (Lipinski definition) is 1. The summed E-state index contributed by atoms with van der Waals surface area (Å²) < 4.78 is 0. The number of nitrogens with one attached hydrogen (secondary N) is 1. The predicted molar refractivity (Wildman–Crippen MR) is 90.2 cm³/mol. The first-order valence-corrected chi connectivity index (χ1v) is 7.90. The van der Waals surface area contributed by atoms with Crippen LogP contribution in [0.3, 0.4) is 0 Å². The average Bonchev–Trinajstić information content (AvgIpc) is 2.56.